The summed E-state index contributed by atoms with van der Waals surface area (Å²) >= 11 is 10.3. The van der Waals surface area contributed by atoms with Gasteiger partial charge in [0.2, 0.25) is 0 Å². The number of halogens is 2. The molecule has 3 aliphatic rings. The van der Waals surface area contributed by atoms with Crippen LogP contribution in [0.5, 0.6) is 17.2 Å². The normalized spacial score (nSPS) is 14.3. The second kappa shape index (κ2) is 12.8. The number of aryl methyl sites for hydroxylation is 1. The highest BCUT2D eigenvalue weighted by atomic mass is 35.5. The molecule has 0 radical (unpaired) electrons. The molecule has 1 unspecified atom stereocenters. The average molecular weight is 891 g/mol. The van der Waals surface area contributed by atoms with Crippen molar-refractivity contribution in [2.75, 3.05) is 16.8 Å². The highest BCUT2D eigenvalue weighted by Crippen LogP contribution is 2.56. The fraction of sp³-hybridized carbons (Fsp3) is 0.0400. The molecular formula is C25H17Cl2N5O17S5. The third-order valence-electron chi connectivity index (χ3n) is 7.34. The number of fused-ring (bicyclic) bond motifs is 4. The smallest absolute Gasteiger partial charge is 0.357 e. The van der Waals surface area contributed by atoms with Gasteiger partial charge in [-0.1, -0.05) is 23.2 Å². The van der Waals surface area contributed by atoms with Crippen LogP contribution >= 0.6 is 23.2 Å². The summed E-state index contributed by atoms with van der Waals surface area (Å²) in [5.41, 5.74) is 6.57. The number of rotatable bonds is 7. The summed E-state index contributed by atoms with van der Waals surface area (Å²) in [7, 11) is -21.6. The monoisotopic (exact) mass is 889 g/mol. The van der Waals surface area contributed by atoms with Crippen LogP contribution in [-0.4, -0.2) is 65.6 Å². The molecule has 0 saturated carbocycles. The zero-order valence-corrected chi connectivity index (χ0v) is 31.4. The number of hydrogen-bond donors (Lipinski definition) is 8. The van der Waals surface area contributed by atoms with Crippen LogP contribution in [0.2, 0.25) is 10.0 Å². The molecule has 3 aromatic carbocycles. The number of hydrogen-bond acceptors (Lipinski definition) is 17. The molecular weight excluding hydrogens is 874 g/mol. The zero-order valence-electron chi connectivity index (χ0n) is 25.8. The minimum absolute atomic E-state index is 0.0249. The summed E-state index contributed by atoms with van der Waals surface area (Å²) in [5, 5.41) is -0.108. The molecule has 0 bridgehead atoms. The minimum atomic E-state index is -5.64. The molecule has 1 atom stereocenters. The number of anilines is 4. The lowest BCUT2D eigenvalue weighted by atomic mass is 10.1. The predicted molar refractivity (Wildman–Crippen MR) is 186 cm³/mol. The summed E-state index contributed by atoms with van der Waals surface area (Å²) < 4.78 is 177. The summed E-state index contributed by atoms with van der Waals surface area (Å²) in [6, 6.07) is 3.06. The van der Waals surface area contributed by atoms with Gasteiger partial charge in [0.05, 0.1) is 17.1 Å². The van der Waals surface area contributed by atoms with E-state index in [2.05, 4.69) is 19.5 Å². The molecule has 1 aliphatic carbocycles. The molecule has 288 valence electrons. The third kappa shape index (κ3) is 6.77. The Morgan fingerprint density at radius 2 is 1.43 bits per heavy atom. The number of nitrogens with one attached hydrogen (secondary N) is 1. The van der Waals surface area contributed by atoms with E-state index in [1.165, 1.54) is 6.92 Å². The fourth-order valence-corrected chi connectivity index (χ4v) is 8.93. The van der Waals surface area contributed by atoms with Gasteiger partial charge in [0, 0.05) is 0 Å². The van der Waals surface area contributed by atoms with Gasteiger partial charge < -0.3 is 30.1 Å². The van der Waals surface area contributed by atoms with Gasteiger partial charge in [-0.3, -0.25) is 22.8 Å². The van der Waals surface area contributed by atoms with Gasteiger partial charge in [0.15, 0.2) is 38.4 Å². The largest absolute Gasteiger partial charge is 0.450 e. The van der Waals surface area contributed by atoms with Crippen molar-refractivity contribution >= 4 is 115 Å². The number of benzene rings is 4. The highest BCUT2D eigenvalue weighted by Gasteiger charge is 2.38. The van der Waals surface area contributed by atoms with Crippen LogP contribution in [0.15, 0.2) is 53.3 Å². The lowest BCUT2D eigenvalue weighted by Gasteiger charge is -2.27. The second-order valence-electron chi connectivity index (χ2n) is 10.8. The summed E-state index contributed by atoms with van der Waals surface area (Å²) in [6.45, 7) is 1.31. The first-order valence-corrected chi connectivity index (χ1v) is 21.1. The van der Waals surface area contributed by atoms with Crippen molar-refractivity contribution in [3.8, 4) is 28.7 Å². The first kappa shape index (κ1) is 39.3. The van der Waals surface area contributed by atoms with Crippen LogP contribution in [0.1, 0.15) is 5.56 Å². The molecule has 0 saturated heterocycles. The lowest BCUT2D eigenvalue weighted by molar-refractivity contribution is 0.445. The summed E-state index contributed by atoms with van der Waals surface area (Å²) in [4.78, 5) is 3.13. The van der Waals surface area contributed by atoms with Crippen LogP contribution in [0, 0.1) is 6.92 Å². The van der Waals surface area contributed by atoms with E-state index in [0.717, 1.165) is 12.1 Å². The number of nitrogen functional groups attached to an aromatic ring is 2. The molecule has 6 rings (SSSR count). The maximum Gasteiger partial charge on any atom is 0.357 e. The van der Waals surface area contributed by atoms with E-state index in [9.17, 15) is 56.1 Å². The Morgan fingerprint density at radius 3 is 1.98 bits per heavy atom. The first-order valence-electron chi connectivity index (χ1n) is 13.6. The number of ether oxygens (including phenoxy) is 1. The third-order valence-corrected chi connectivity index (χ3v) is 11.9. The van der Waals surface area contributed by atoms with E-state index < -0.39 is 138 Å². The van der Waals surface area contributed by atoms with Crippen LogP contribution in [0.25, 0.3) is 22.6 Å². The zero-order chi connectivity index (χ0) is 40.2. The van der Waals surface area contributed by atoms with Crippen LogP contribution in [0.3, 0.4) is 0 Å². The maximum absolute atomic E-state index is 13.0. The van der Waals surface area contributed by atoms with E-state index in [0.29, 0.717) is 12.1 Å². The van der Waals surface area contributed by atoms with Gasteiger partial charge in [0.1, 0.15) is 47.8 Å². The molecule has 29 heteroatoms. The molecule has 2 aliphatic heterocycles. The van der Waals surface area contributed by atoms with Gasteiger partial charge in [-0.05, 0) is 36.8 Å². The summed E-state index contributed by atoms with van der Waals surface area (Å²) in [6.07, 6.45) is 0. The van der Waals surface area contributed by atoms with Crippen LogP contribution < -0.4 is 31.1 Å². The SMILES string of the molecule is Cc1cc(OS(=O)O)c(N)cc1N=c1c(S(=O)(=O)O)cc2nc3c(Cl)c4c(c(Cl)c3oc-2c1S(=O)(=O)O)Nc1c(S(=O)(=O)O)cc(N)c(S(=O)(=O)O)c1O4. The maximum atomic E-state index is 13.0. The van der Waals surface area contributed by atoms with Gasteiger partial charge in [-0.25, -0.2) is 9.98 Å². The van der Waals surface area contributed by atoms with Crippen LogP contribution in [-0.2, 0) is 51.8 Å². The van der Waals surface area contributed by atoms with Gasteiger partial charge in [-0.2, -0.15) is 37.9 Å². The quantitative estimate of drug-likeness (QED) is 0.0493. The molecule has 10 N–H and O–H groups in total. The number of nitrogens with zero attached hydrogens (tertiary/aromatic N) is 2. The molecule has 22 nitrogen and oxygen atoms in total. The first-order chi connectivity index (χ1) is 24.7. The Bertz CT molecular complexity index is 3060. The fourth-order valence-electron chi connectivity index (χ4n) is 5.20. The van der Waals surface area contributed by atoms with Gasteiger partial charge in [-0.15, -0.1) is 0 Å². The van der Waals surface area contributed by atoms with Crippen molar-refractivity contribution in [3.63, 3.8) is 0 Å². The van der Waals surface area contributed by atoms with Crippen molar-refractivity contribution < 1.29 is 74.0 Å². The molecule has 0 spiro atoms. The molecule has 3 aromatic rings. The van der Waals surface area contributed by atoms with E-state index in [1.54, 1.807) is 0 Å². The van der Waals surface area contributed by atoms with Crippen molar-refractivity contribution in [2.24, 2.45) is 4.99 Å². The molecule has 0 aromatic heterocycles. The molecule has 0 amide bonds. The van der Waals surface area contributed by atoms with Crippen LogP contribution in [0.4, 0.5) is 28.4 Å². The van der Waals surface area contributed by atoms with E-state index in [1.807, 2.05) is 0 Å². The Hall–Kier alpha value is -4.39. The topological polar surface area (TPSA) is 376 Å². The molecule has 2 heterocycles. The summed E-state index contributed by atoms with van der Waals surface area (Å²) in [5.74, 6) is -2.95. The molecule has 0 fully saturated rings. The van der Waals surface area contributed by atoms with Gasteiger partial charge >= 0.3 is 21.5 Å². The molecule has 54 heavy (non-hydrogen) atoms. The Kier molecular flexibility index (Phi) is 9.35. The average Bonchev–Trinajstić information content (AvgIpc) is 3.01. The highest BCUT2D eigenvalue weighted by molar-refractivity contribution is 7.87. The van der Waals surface area contributed by atoms with E-state index in [4.69, 9.17) is 48.4 Å². The van der Waals surface area contributed by atoms with Crippen molar-refractivity contribution in [1.29, 1.82) is 0 Å². The van der Waals surface area contributed by atoms with E-state index in [-0.39, 0.29) is 22.7 Å². The van der Waals surface area contributed by atoms with Gasteiger partial charge in [0.25, 0.3) is 30.4 Å². The van der Waals surface area contributed by atoms with Crippen molar-refractivity contribution in [1.82, 2.24) is 4.98 Å². The number of nitrogens with two attached hydrogens (primary N) is 2. The minimum Gasteiger partial charge on any atom is -0.450 e. The lowest BCUT2D eigenvalue weighted by Crippen LogP contribution is -2.24. The standard InChI is InChI=1S/C25H17Cl2N5O17S5/c1-6-2-11(49-50(33)34)7(28)3-9(6)30-17-13(52(38,39)40)5-10-20(25(17)54(44,45)46)47-21-15(27)19-22(14(26)18(21)31-10)48-23-16(32-19)12(51(35,36)37)4-8(29)24(23)53(41,42)43/h2-5,32H,28-29H2,1H3,(H,33,34)(H,35,36,37)(H,38,39,40)(H,41,42,43)(H,44,45,46). The Balaban J connectivity index is 1.74. The second-order valence-corrected chi connectivity index (χ2v) is 17.7. The van der Waals surface area contributed by atoms with Crippen molar-refractivity contribution in [3.05, 3.63) is 45.2 Å². The van der Waals surface area contributed by atoms with Crippen molar-refractivity contribution in [2.45, 2.75) is 26.5 Å². The predicted octanol–water partition coefficient (Wildman–Crippen LogP) is 3.30. The Labute approximate surface area is 314 Å². The number of aromatic nitrogens is 1. The van der Waals surface area contributed by atoms with E-state index >= 15 is 0 Å². The Morgan fingerprint density at radius 1 is 0.815 bits per heavy atom.